The van der Waals surface area contributed by atoms with Crippen LogP contribution in [-0.2, 0) is 13.1 Å². The van der Waals surface area contributed by atoms with Gasteiger partial charge in [-0.15, -0.1) is 0 Å². The molecular weight excluding hydrogens is 321 g/mol. The molecular formula is C15H19BrFN3. The Kier molecular flexibility index (Phi) is 5.31. The van der Waals surface area contributed by atoms with E-state index in [0.29, 0.717) is 12.5 Å². The first-order chi connectivity index (χ1) is 9.54. The van der Waals surface area contributed by atoms with Gasteiger partial charge in [0.1, 0.15) is 5.82 Å². The summed E-state index contributed by atoms with van der Waals surface area (Å²) in [6.45, 7) is 6.74. The van der Waals surface area contributed by atoms with Crippen molar-refractivity contribution in [2.24, 2.45) is 5.92 Å². The molecule has 3 nitrogen and oxygen atoms in total. The second-order valence-electron chi connectivity index (χ2n) is 5.27. The van der Waals surface area contributed by atoms with Crippen LogP contribution in [0, 0.1) is 11.7 Å². The van der Waals surface area contributed by atoms with E-state index >= 15 is 0 Å². The van der Waals surface area contributed by atoms with Gasteiger partial charge in [-0.3, -0.25) is 4.68 Å². The van der Waals surface area contributed by atoms with Crippen molar-refractivity contribution in [1.29, 1.82) is 0 Å². The van der Waals surface area contributed by atoms with Crippen molar-refractivity contribution in [2.45, 2.75) is 26.9 Å². The number of rotatable bonds is 6. The summed E-state index contributed by atoms with van der Waals surface area (Å²) in [7, 11) is 0. The average molecular weight is 340 g/mol. The molecule has 1 N–H and O–H groups in total. The van der Waals surface area contributed by atoms with Crippen LogP contribution in [0.3, 0.4) is 0 Å². The third-order valence-corrected chi connectivity index (χ3v) is 3.64. The molecule has 108 valence electrons. The Morgan fingerprint density at radius 2 is 2.15 bits per heavy atom. The van der Waals surface area contributed by atoms with Crippen LogP contribution in [-0.4, -0.2) is 16.3 Å². The van der Waals surface area contributed by atoms with Crippen LogP contribution in [0.5, 0.6) is 0 Å². The highest BCUT2D eigenvalue weighted by Gasteiger charge is 2.04. The zero-order chi connectivity index (χ0) is 14.5. The summed E-state index contributed by atoms with van der Waals surface area (Å²) in [5.74, 6) is 0.395. The lowest BCUT2D eigenvalue weighted by atomic mass is 10.2. The van der Waals surface area contributed by atoms with Gasteiger partial charge in [-0.05, 0) is 36.2 Å². The molecule has 0 unspecified atom stereocenters. The summed E-state index contributed by atoms with van der Waals surface area (Å²) in [5.41, 5.74) is 2.03. The Morgan fingerprint density at radius 3 is 2.85 bits per heavy atom. The molecule has 0 saturated carbocycles. The highest BCUT2D eigenvalue weighted by atomic mass is 79.9. The second-order valence-corrected chi connectivity index (χ2v) is 6.12. The number of aromatic nitrogens is 2. The van der Waals surface area contributed by atoms with Gasteiger partial charge < -0.3 is 5.32 Å². The minimum atomic E-state index is -0.236. The molecule has 0 bridgehead atoms. The number of nitrogens with one attached hydrogen (secondary N) is 1. The largest absolute Gasteiger partial charge is 0.311 e. The molecule has 0 amide bonds. The van der Waals surface area contributed by atoms with E-state index < -0.39 is 0 Å². The van der Waals surface area contributed by atoms with Crippen molar-refractivity contribution >= 4 is 15.9 Å². The summed E-state index contributed by atoms with van der Waals surface area (Å²) in [5, 5.41) is 7.87. The van der Waals surface area contributed by atoms with Gasteiger partial charge in [-0.2, -0.15) is 5.10 Å². The highest BCUT2D eigenvalue weighted by molar-refractivity contribution is 9.10. The number of hydrogen-bond acceptors (Lipinski definition) is 2. The van der Waals surface area contributed by atoms with Crippen LogP contribution in [0.2, 0.25) is 0 Å². The molecule has 0 aliphatic heterocycles. The van der Waals surface area contributed by atoms with E-state index in [9.17, 15) is 4.39 Å². The maximum absolute atomic E-state index is 13.0. The highest BCUT2D eigenvalue weighted by Crippen LogP contribution is 2.18. The fourth-order valence-corrected chi connectivity index (χ4v) is 2.38. The standard InChI is InChI=1S/C15H19BrFN3/c1-11(2)8-18-9-14-5-6-20(19-14)10-12-3-4-13(17)7-15(12)16/h3-7,11,18H,8-10H2,1-2H3. The van der Waals surface area contributed by atoms with Gasteiger partial charge in [-0.25, -0.2) is 4.39 Å². The fraction of sp³-hybridized carbons (Fsp3) is 0.400. The second kappa shape index (κ2) is 6.99. The van der Waals surface area contributed by atoms with E-state index in [1.54, 1.807) is 6.07 Å². The van der Waals surface area contributed by atoms with Gasteiger partial charge in [-0.1, -0.05) is 35.8 Å². The Morgan fingerprint density at radius 1 is 1.35 bits per heavy atom. The Hall–Kier alpha value is -1.20. The number of nitrogens with zero attached hydrogens (tertiary/aromatic N) is 2. The minimum Gasteiger partial charge on any atom is -0.311 e. The van der Waals surface area contributed by atoms with Crippen LogP contribution in [0.4, 0.5) is 4.39 Å². The lowest BCUT2D eigenvalue weighted by Gasteiger charge is -2.06. The van der Waals surface area contributed by atoms with Gasteiger partial charge in [0.2, 0.25) is 0 Å². The van der Waals surface area contributed by atoms with Gasteiger partial charge in [0.25, 0.3) is 0 Å². The predicted molar refractivity (Wildman–Crippen MR) is 82.0 cm³/mol. The van der Waals surface area contributed by atoms with Crippen molar-refractivity contribution in [3.8, 4) is 0 Å². The van der Waals surface area contributed by atoms with Crippen LogP contribution in [0.1, 0.15) is 25.1 Å². The van der Waals surface area contributed by atoms with Gasteiger partial charge in [0, 0.05) is 17.2 Å². The number of benzene rings is 1. The molecule has 2 rings (SSSR count). The van der Waals surface area contributed by atoms with Crippen molar-refractivity contribution < 1.29 is 4.39 Å². The topological polar surface area (TPSA) is 29.9 Å². The van der Waals surface area contributed by atoms with E-state index in [1.165, 1.54) is 12.1 Å². The van der Waals surface area contributed by atoms with Crippen LogP contribution in [0.15, 0.2) is 34.9 Å². The molecule has 0 atom stereocenters. The van der Waals surface area contributed by atoms with E-state index in [4.69, 9.17) is 0 Å². The van der Waals surface area contributed by atoms with E-state index in [0.717, 1.165) is 28.8 Å². The molecule has 0 aliphatic rings. The van der Waals surface area contributed by atoms with Crippen LogP contribution < -0.4 is 5.32 Å². The normalized spacial score (nSPS) is 11.2. The zero-order valence-electron chi connectivity index (χ0n) is 11.7. The Labute approximate surface area is 127 Å². The lowest BCUT2D eigenvalue weighted by molar-refractivity contribution is 0.543. The maximum atomic E-state index is 13.0. The molecule has 0 spiro atoms. The Bertz CT molecular complexity index is 566. The monoisotopic (exact) mass is 339 g/mol. The summed E-state index contributed by atoms with van der Waals surface area (Å²) in [6.07, 6.45) is 1.95. The summed E-state index contributed by atoms with van der Waals surface area (Å²) < 4.78 is 15.7. The summed E-state index contributed by atoms with van der Waals surface area (Å²) >= 11 is 3.38. The molecule has 1 aromatic heterocycles. The van der Waals surface area contributed by atoms with E-state index in [2.05, 4.69) is 40.2 Å². The first-order valence-corrected chi connectivity index (χ1v) is 7.51. The molecule has 5 heteroatoms. The lowest BCUT2D eigenvalue weighted by Crippen LogP contribution is -2.19. The zero-order valence-corrected chi connectivity index (χ0v) is 13.3. The molecule has 20 heavy (non-hydrogen) atoms. The quantitative estimate of drug-likeness (QED) is 0.871. The van der Waals surface area contributed by atoms with Crippen molar-refractivity contribution in [3.63, 3.8) is 0 Å². The van der Waals surface area contributed by atoms with E-state index in [-0.39, 0.29) is 5.82 Å². The number of hydrogen-bond donors (Lipinski definition) is 1. The summed E-state index contributed by atoms with van der Waals surface area (Å²) in [6, 6.07) is 6.72. The molecule has 0 aliphatic carbocycles. The fourth-order valence-electron chi connectivity index (χ4n) is 1.90. The maximum Gasteiger partial charge on any atom is 0.124 e. The van der Waals surface area contributed by atoms with E-state index in [1.807, 2.05) is 16.9 Å². The van der Waals surface area contributed by atoms with Gasteiger partial charge in [0.05, 0.1) is 12.2 Å². The molecule has 1 aromatic carbocycles. The van der Waals surface area contributed by atoms with Crippen molar-refractivity contribution in [3.05, 3.63) is 52.0 Å². The average Bonchev–Trinajstić information content (AvgIpc) is 2.80. The minimum absolute atomic E-state index is 0.236. The first kappa shape index (κ1) is 15.2. The van der Waals surface area contributed by atoms with Crippen LogP contribution >= 0.6 is 15.9 Å². The molecule has 2 aromatic rings. The molecule has 0 radical (unpaired) electrons. The Balaban J connectivity index is 1.95. The molecule has 0 fully saturated rings. The molecule has 0 saturated heterocycles. The van der Waals surface area contributed by atoms with Crippen molar-refractivity contribution in [2.75, 3.05) is 6.54 Å². The van der Waals surface area contributed by atoms with Crippen LogP contribution in [0.25, 0.3) is 0 Å². The smallest absolute Gasteiger partial charge is 0.124 e. The third kappa shape index (κ3) is 4.42. The first-order valence-electron chi connectivity index (χ1n) is 6.71. The summed E-state index contributed by atoms with van der Waals surface area (Å²) in [4.78, 5) is 0. The van der Waals surface area contributed by atoms with Crippen molar-refractivity contribution in [1.82, 2.24) is 15.1 Å². The SMILES string of the molecule is CC(C)CNCc1ccn(Cc2ccc(F)cc2Br)n1. The number of halogens is 2. The predicted octanol–water partition coefficient (Wildman–Crippen LogP) is 3.58. The molecule has 1 heterocycles. The van der Waals surface area contributed by atoms with Gasteiger partial charge in [0.15, 0.2) is 0 Å². The third-order valence-electron chi connectivity index (χ3n) is 2.90. The van der Waals surface area contributed by atoms with Gasteiger partial charge >= 0.3 is 0 Å².